The molecule has 0 spiro atoms. The molecule has 3 aromatic carbocycles. The second-order valence-corrected chi connectivity index (χ2v) is 5.89. The number of amides is 1. The second kappa shape index (κ2) is 6.76. The zero-order valence-corrected chi connectivity index (χ0v) is 13.8. The van der Waals surface area contributed by atoms with Crippen molar-refractivity contribution in [2.24, 2.45) is 0 Å². The van der Waals surface area contributed by atoms with Crippen molar-refractivity contribution < 1.29 is 9.18 Å². The number of rotatable bonds is 4. The van der Waals surface area contributed by atoms with Crippen LogP contribution >= 0.6 is 0 Å². The third-order valence-corrected chi connectivity index (χ3v) is 4.07. The first-order valence-electron chi connectivity index (χ1n) is 8.13. The number of hydrogen-bond donors (Lipinski definition) is 1. The summed E-state index contributed by atoms with van der Waals surface area (Å²) in [6.45, 7) is 0.590. The van der Waals surface area contributed by atoms with Crippen molar-refractivity contribution in [2.45, 2.75) is 6.54 Å². The van der Waals surface area contributed by atoms with Crippen LogP contribution in [-0.2, 0) is 6.54 Å². The first-order chi connectivity index (χ1) is 12.7. The van der Waals surface area contributed by atoms with E-state index < -0.39 is 0 Å². The van der Waals surface area contributed by atoms with Gasteiger partial charge >= 0.3 is 0 Å². The minimum absolute atomic E-state index is 0.278. The quantitative estimate of drug-likeness (QED) is 0.610. The number of benzene rings is 3. The summed E-state index contributed by atoms with van der Waals surface area (Å²) in [5.41, 5.74) is 3.95. The van der Waals surface area contributed by atoms with Gasteiger partial charge in [-0.05, 0) is 54.1 Å². The van der Waals surface area contributed by atoms with Crippen LogP contribution in [-0.4, -0.2) is 20.9 Å². The first-order valence-corrected chi connectivity index (χ1v) is 8.13. The highest BCUT2D eigenvalue weighted by atomic mass is 19.1. The molecule has 4 aromatic rings. The molecule has 26 heavy (non-hydrogen) atoms. The van der Waals surface area contributed by atoms with Crippen molar-refractivity contribution in [3.8, 4) is 0 Å². The zero-order chi connectivity index (χ0) is 17.9. The van der Waals surface area contributed by atoms with E-state index in [9.17, 15) is 9.18 Å². The summed E-state index contributed by atoms with van der Waals surface area (Å²) in [5.74, 6) is -0.647. The van der Waals surface area contributed by atoms with Crippen LogP contribution in [0.25, 0.3) is 11.0 Å². The molecule has 1 N–H and O–H groups in total. The van der Waals surface area contributed by atoms with Crippen LogP contribution in [0.3, 0.4) is 0 Å². The lowest BCUT2D eigenvalue weighted by atomic mass is 10.1. The van der Waals surface area contributed by atoms with Gasteiger partial charge in [0.05, 0.1) is 12.1 Å². The third kappa shape index (κ3) is 3.30. The average Bonchev–Trinajstić information content (AvgIpc) is 3.07. The van der Waals surface area contributed by atoms with Crippen molar-refractivity contribution in [3.63, 3.8) is 0 Å². The lowest BCUT2D eigenvalue weighted by Crippen LogP contribution is -2.11. The smallest absolute Gasteiger partial charge is 0.255 e. The Balaban J connectivity index is 1.46. The maximum Gasteiger partial charge on any atom is 0.255 e. The number of nitrogens with one attached hydrogen (secondary N) is 1. The van der Waals surface area contributed by atoms with Gasteiger partial charge in [-0.1, -0.05) is 29.5 Å². The van der Waals surface area contributed by atoms with E-state index >= 15 is 0 Å². The fraction of sp³-hybridized carbons (Fsp3) is 0.0500. The van der Waals surface area contributed by atoms with E-state index in [0.29, 0.717) is 17.8 Å². The molecule has 0 atom stereocenters. The number of hydrogen-bond acceptors (Lipinski definition) is 3. The molecule has 0 aliphatic rings. The largest absolute Gasteiger partial charge is 0.322 e. The third-order valence-electron chi connectivity index (χ3n) is 4.07. The van der Waals surface area contributed by atoms with Crippen molar-refractivity contribution in [2.75, 3.05) is 5.32 Å². The fourth-order valence-electron chi connectivity index (χ4n) is 2.71. The Morgan fingerprint density at radius 2 is 1.69 bits per heavy atom. The molecule has 0 fully saturated rings. The van der Waals surface area contributed by atoms with E-state index in [-0.39, 0.29) is 11.7 Å². The van der Waals surface area contributed by atoms with Gasteiger partial charge < -0.3 is 5.32 Å². The number of carbonyl (C=O) groups is 1. The molecule has 0 saturated heterocycles. The van der Waals surface area contributed by atoms with Crippen LogP contribution < -0.4 is 5.32 Å². The van der Waals surface area contributed by atoms with Gasteiger partial charge in [0.15, 0.2) is 0 Å². The highest BCUT2D eigenvalue weighted by molar-refractivity contribution is 6.04. The van der Waals surface area contributed by atoms with E-state index in [4.69, 9.17) is 0 Å². The molecule has 5 nitrogen and oxygen atoms in total. The van der Waals surface area contributed by atoms with E-state index in [2.05, 4.69) is 15.6 Å². The van der Waals surface area contributed by atoms with Crippen LogP contribution in [0.1, 0.15) is 15.9 Å². The molecule has 1 amide bonds. The molecule has 1 aromatic heterocycles. The first kappa shape index (κ1) is 16.0. The number of anilines is 1. The van der Waals surface area contributed by atoms with Gasteiger partial charge in [0.1, 0.15) is 11.3 Å². The maximum atomic E-state index is 12.9. The highest BCUT2D eigenvalue weighted by Crippen LogP contribution is 2.15. The fourth-order valence-corrected chi connectivity index (χ4v) is 2.71. The van der Waals surface area contributed by atoms with E-state index in [0.717, 1.165) is 16.6 Å². The van der Waals surface area contributed by atoms with Crippen LogP contribution in [0.4, 0.5) is 10.1 Å². The molecule has 0 saturated carbocycles. The number of halogens is 1. The maximum absolute atomic E-state index is 12.9. The van der Waals surface area contributed by atoms with Crippen LogP contribution in [0.2, 0.25) is 0 Å². The minimum atomic E-state index is -0.369. The van der Waals surface area contributed by atoms with Crippen molar-refractivity contribution >= 4 is 22.6 Å². The van der Waals surface area contributed by atoms with Crippen molar-refractivity contribution in [3.05, 3.63) is 89.7 Å². The average molecular weight is 346 g/mol. The Hall–Kier alpha value is -3.54. The summed E-state index contributed by atoms with van der Waals surface area (Å²) < 4.78 is 14.8. The van der Waals surface area contributed by atoms with Gasteiger partial charge in [-0.15, -0.1) is 5.10 Å². The zero-order valence-electron chi connectivity index (χ0n) is 13.8. The number of fused-ring (bicyclic) bond motifs is 1. The van der Waals surface area contributed by atoms with Gasteiger partial charge in [-0.2, -0.15) is 0 Å². The Morgan fingerprint density at radius 3 is 2.46 bits per heavy atom. The highest BCUT2D eigenvalue weighted by Gasteiger charge is 2.07. The molecule has 0 aliphatic carbocycles. The predicted molar refractivity (Wildman–Crippen MR) is 97.4 cm³/mol. The topological polar surface area (TPSA) is 59.8 Å². The van der Waals surface area contributed by atoms with E-state index in [1.54, 1.807) is 0 Å². The summed E-state index contributed by atoms with van der Waals surface area (Å²) in [4.78, 5) is 12.2. The van der Waals surface area contributed by atoms with E-state index in [1.165, 1.54) is 24.3 Å². The summed E-state index contributed by atoms with van der Waals surface area (Å²) >= 11 is 0. The molecular weight excluding hydrogens is 331 g/mol. The molecule has 0 radical (unpaired) electrons. The van der Waals surface area contributed by atoms with Crippen LogP contribution in [0.5, 0.6) is 0 Å². The molecule has 4 rings (SSSR count). The summed E-state index contributed by atoms with van der Waals surface area (Å²) in [6.07, 6.45) is 0. The Bertz CT molecular complexity index is 1060. The Labute approximate surface area is 149 Å². The summed E-state index contributed by atoms with van der Waals surface area (Å²) in [6, 6.07) is 20.7. The summed E-state index contributed by atoms with van der Waals surface area (Å²) in [7, 11) is 0. The second-order valence-electron chi connectivity index (χ2n) is 5.89. The van der Waals surface area contributed by atoms with Gasteiger partial charge in [-0.25, -0.2) is 9.07 Å². The normalized spacial score (nSPS) is 10.8. The molecule has 6 heteroatoms. The lowest BCUT2D eigenvalue weighted by Gasteiger charge is -2.07. The van der Waals surface area contributed by atoms with Crippen LogP contribution in [0.15, 0.2) is 72.8 Å². The number of para-hydroxylation sites is 1. The Morgan fingerprint density at radius 1 is 0.962 bits per heavy atom. The predicted octanol–water partition coefficient (Wildman–Crippen LogP) is 3.87. The molecular formula is C20H15FN4O. The molecule has 0 bridgehead atoms. The van der Waals surface area contributed by atoms with Crippen molar-refractivity contribution in [1.82, 2.24) is 15.0 Å². The van der Waals surface area contributed by atoms with Crippen molar-refractivity contribution in [1.29, 1.82) is 0 Å². The minimum Gasteiger partial charge on any atom is -0.322 e. The van der Waals surface area contributed by atoms with Gasteiger partial charge in [0.25, 0.3) is 5.91 Å². The Kier molecular flexibility index (Phi) is 4.15. The van der Waals surface area contributed by atoms with Crippen LogP contribution in [0, 0.1) is 5.82 Å². The molecule has 128 valence electrons. The monoisotopic (exact) mass is 346 g/mol. The van der Waals surface area contributed by atoms with Gasteiger partial charge in [-0.3, -0.25) is 4.79 Å². The molecule has 0 unspecified atom stereocenters. The number of aromatic nitrogens is 3. The number of carbonyl (C=O) groups excluding carboxylic acids is 1. The number of nitrogens with zero attached hydrogens (tertiary/aromatic N) is 3. The lowest BCUT2D eigenvalue weighted by molar-refractivity contribution is 0.102. The van der Waals surface area contributed by atoms with Gasteiger partial charge in [0, 0.05) is 11.3 Å². The SMILES string of the molecule is O=C(Nc1ccc(Cn2nnc3ccccc32)cc1)c1ccc(F)cc1. The van der Waals surface area contributed by atoms with Gasteiger partial charge in [0.2, 0.25) is 0 Å². The molecule has 1 heterocycles. The summed E-state index contributed by atoms with van der Waals surface area (Å²) in [5, 5.41) is 11.1. The van der Waals surface area contributed by atoms with E-state index in [1.807, 2.05) is 53.2 Å². The molecule has 0 aliphatic heterocycles. The standard InChI is InChI=1S/C20H15FN4O/c21-16-9-7-15(8-10-16)20(26)22-17-11-5-14(6-12-17)13-25-19-4-2-1-3-18(19)23-24-25/h1-12H,13H2,(H,22,26).